The van der Waals surface area contributed by atoms with Gasteiger partial charge in [-0.3, -0.25) is 0 Å². The highest BCUT2D eigenvalue weighted by atomic mass is 16.3. The molecule has 2 amide bonds. The van der Waals surface area contributed by atoms with Gasteiger partial charge in [-0.05, 0) is 18.9 Å². The van der Waals surface area contributed by atoms with Crippen LogP contribution < -0.4 is 10.6 Å². The van der Waals surface area contributed by atoms with Gasteiger partial charge in [0.05, 0.1) is 6.10 Å². The van der Waals surface area contributed by atoms with Crippen LogP contribution in [0.5, 0.6) is 0 Å². The number of aliphatic hydroxyl groups is 1. The first kappa shape index (κ1) is 17.0. The Balaban J connectivity index is 1.74. The summed E-state index contributed by atoms with van der Waals surface area (Å²) in [4.78, 5) is 16.0. The number of benzene rings is 1. The SMILES string of the molecule is CC(O)CCNC(=O)NCCc1nccn1Cc1ccccc1. The van der Waals surface area contributed by atoms with Crippen LogP contribution in [0.25, 0.3) is 0 Å². The summed E-state index contributed by atoms with van der Waals surface area (Å²) in [5, 5.41) is 14.6. The molecule has 0 spiro atoms. The molecule has 0 saturated heterocycles. The van der Waals surface area contributed by atoms with E-state index < -0.39 is 6.10 Å². The third-order valence-corrected chi connectivity index (χ3v) is 3.48. The molecule has 1 atom stereocenters. The molecule has 0 fully saturated rings. The van der Waals surface area contributed by atoms with E-state index in [-0.39, 0.29) is 6.03 Å². The minimum Gasteiger partial charge on any atom is -0.393 e. The minimum atomic E-state index is -0.402. The number of hydrogen-bond donors (Lipinski definition) is 3. The highest BCUT2D eigenvalue weighted by molar-refractivity contribution is 5.73. The van der Waals surface area contributed by atoms with Crippen LogP contribution in [0.2, 0.25) is 0 Å². The predicted octanol–water partition coefficient (Wildman–Crippen LogP) is 1.54. The van der Waals surface area contributed by atoms with E-state index in [2.05, 4.69) is 32.3 Å². The Labute approximate surface area is 136 Å². The Morgan fingerprint density at radius 3 is 2.74 bits per heavy atom. The minimum absolute atomic E-state index is 0.216. The molecule has 3 N–H and O–H groups in total. The van der Waals surface area contributed by atoms with Crippen molar-refractivity contribution in [2.75, 3.05) is 13.1 Å². The standard InChI is InChI=1S/C17H24N4O2/c1-14(22)7-9-19-17(23)20-10-8-16-18-11-12-21(16)13-15-5-3-2-4-6-15/h2-6,11-12,14,22H,7-10,13H2,1H3,(H2,19,20,23). The molecule has 0 saturated carbocycles. The van der Waals surface area contributed by atoms with E-state index in [1.54, 1.807) is 13.1 Å². The van der Waals surface area contributed by atoms with E-state index in [9.17, 15) is 4.79 Å². The van der Waals surface area contributed by atoms with Crippen LogP contribution in [0.3, 0.4) is 0 Å². The molecule has 6 nitrogen and oxygen atoms in total. The van der Waals surface area contributed by atoms with Crippen LogP contribution in [0.15, 0.2) is 42.7 Å². The average molecular weight is 316 g/mol. The van der Waals surface area contributed by atoms with Gasteiger partial charge in [0.15, 0.2) is 0 Å². The van der Waals surface area contributed by atoms with E-state index in [1.807, 2.05) is 24.4 Å². The quantitative estimate of drug-likeness (QED) is 0.691. The topological polar surface area (TPSA) is 79.2 Å². The summed E-state index contributed by atoms with van der Waals surface area (Å²) >= 11 is 0. The van der Waals surface area contributed by atoms with Crippen molar-refractivity contribution in [1.82, 2.24) is 20.2 Å². The Kier molecular flexibility index (Phi) is 6.62. The van der Waals surface area contributed by atoms with Crippen molar-refractivity contribution in [2.24, 2.45) is 0 Å². The average Bonchev–Trinajstić information content (AvgIpc) is 2.95. The molecule has 0 aliphatic rings. The van der Waals surface area contributed by atoms with Crippen molar-refractivity contribution in [1.29, 1.82) is 0 Å². The fraction of sp³-hybridized carbons (Fsp3) is 0.412. The highest BCUT2D eigenvalue weighted by Crippen LogP contribution is 2.05. The number of aliphatic hydroxyl groups excluding tert-OH is 1. The van der Waals surface area contributed by atoms with E-state index in [0.717, 1.165) is 12.4 Å². The van der Waals surface area contributed by atoms with Gasteiger partial charge in [-0.2, -0.15) is 0 Å². The first-order valence-electron chi connectivity index (χ1n) is 7.89. The van der Waals surface area contributed by atoms with E-state index in [0.29, 0.717) is 25.9 Å². The molecular weight excluding hydrogens is 292 g/mol. The zero-order valence-corrected chi connectivity index (χ0v) is 13.4. The fourth-order valence-corrected chi connectivity index (χ4v) is 2.24. The second-order valence-corrected chi connectivity index (χ2v) is 5.53. The van der Waals surface area contributed by atoms with Crippen LogP contribution >= 0.6 is 0 Å². The molecule has 1 heterocycles. The molecule has 6 heteroatoms. The van der Waals surface area contributed by atoms with Gasteiger partial charge in [-0.1, -0.05) is 30.3 Å². The number of nitrogens with one attached hydrogen (secondary N) is 2. The van der Waals surface area contributed by atoms with Gasteiger partial charge in [0.2, 0.25) is 0 Å². The number of aromatic nitrogens is 2. The fourth-order valence-electron chi connectivity index (χ4n) is 2.24. The van der Waals surface area contributed by atoms with Crippen LogP contribution in [0, 0.1) is 0 Å². The highest BCUT2D eigenvalue weighted by Gasteiger charge is 2.05. The lowest BCUT2D eigenvalue weighted by molar-refractivity contribution is 0.183. The Morgan fingerprint density at radius 1 is 1.26 bits per heavy atom. The van der Waals surface area contributed by atoms with E-state index in [4.69, 9.17) is 5.11 Å². The number of rotatable bonds is 8. The molecule has 1 aromatic carbocycles. The maximum Gasteiger partial charge on any atom is 0.314 e. The molecule has 0 bridgehead atoms. The summed E-state index contributed by atoms with van der Waals surface area (Å²) in [5.74, 6) is 0.943. The van der Waals surface area contributed by atoms with Crippen LogP contribution in [0.1, 0.15) is 24.7 Å². The van der Waals surface area contributed by atoms with Crippen LogP contribution in [0.4, 0.5) is 4.79 Å². The van der Waals surface area contributed by atoms with E-state index in [1.165, 1.54) is 5.56 Å². The molecule has 0 radical (unpaired) electrons. The van der Waals surface area contributed by atoms with Crippen LogP contribution in [-0.4, -0.2) is 39.9 Å². The van der Waals surface area contributed by atoms with Gasteiger partial charge in [0.1, 0.15) is 5.82 Å². The molecule has 2 rings (SSSR count). The Hall–Kier alpha value is -2.34. The lowest BCUT2D eigenvalue weighted by Crippen LogP contribution is -2.38. The first-order chi connectivity index (χ1) is 11.1. The van der Waals surface area contributed by atoms with Gasteiger partial charge >= 0.3 is 6.03 Å². The van der Waals surface area contributed by atoms with Crippen molar-refractivity contribution in [2.45, 2.75) is 32.4 Å². The molecule has 23 heavy (non-hydrogen) atoms. The summed E-state index contributed by atoms with van der Waals surface area (Å²) in [6.45, 7) is 3.46. The molecule has 1 unspecified atom stereocenters. The smallest absolute Gasteiger partial charge is 0.314 e. The van der Waals surface area contributed by atoms with Crippen LogP contribution in [-0.2, 0) is 13.0 Å². The lowest BCUT2D eigenvalue weighted by Gasteiger charge is -2.10. The van der Waals surface area contributed by atoms with Gasteiger partial charge < -0.3 is 20.3 Å². The van der Waals surface area contributed by atoms with Crippen molar-refractivity contribution in [3.8, 4) is 0 Å². The number of carbonyl (C=O) groups is 1. The van der Waals surface area contributed by atoms with Gasteiger partial charge in [0.25, 0.3) is 0 Å². The summed E-state index contributed by atoms with van der Waals surface area (Å²) in [5.41, 5.74) is 1.22. The number of amides is 2. The predicted molar refractivity (Wildman–Crippen MR) is 89.2 cm³/mol. The Bertz CT molecular complexity index is 596. The maximum absolute atomic E-state index is 11.6. The number of carbonyl (C=O) groups excluding carboxylic acids is 1. The summed E-state index contributed by atoms with van der Waals surface area (Å²) in [6, 6.07) is 9.98. The van der Waals surface area contributed by atoms with Gasteiger partial charge in [0, 0.05) is 38.4 Å². The second kappa shape index (κ2) is 8.95. The van der Waals surface area contributed by atoms with Crippen molar-refractivity contribution in [3.63, 3.8) is 0 Å². The normalized spacial score (nSPS) is 11.9. The van der Waals surface area contributed by atoms with Gasteiger partial charge in [-0.25, -0.2) is 9.78 Å². The summed E-state index contributed by atoms with van der Waals surface area (Å²) < 4.78 is 2.09. The number of nitrogens with zero attached hydrogens (tertiary/aromatic N) is 2. The second-order valence-electron chi connectivity index (χ2n) is 5.53. The maximum atomic E-state index is 11.6. The van der Waals surface area contributed by atoms with E-state index >= 15 is 0 Å². The van der Waals surface area contributed by atoms with Crippen molar-refractivity contribution >= 4 is 6.03 Å². The lowest BCUT2D eigenvalue weighted by atomic mass is 10.2. The zero-order chi connectivity index (χ0) is 16.5. The molecule has 124 valence electrons. The molecule has 2 aromatic rings. The number of hydrogen-bond acceptors (Lipinski definition) is 3. The summed E-state index contributed by atoms with van der Waals surface area (Å²) in [6.07, 6.45) is 4.55. The summed E-state index contributed by atoms with van der Waals surface area (Å²) in [7, 11) is 0. The number of urea groups is 1. The largest absolute Gasteiger partial charge is 0.393 e. The molecule has 0 aliphatic heterocycles. The molecule has 0 aliphatic carbocycles. The van der Waals surface area contributed by atoms with Crippen molar-refractivity contribution < 1.29 is 9.90 Å². The van der Waals surface area contributed by atoms with Crippen molar-refractivity contribution in [3.05, 3.63) is 54.1 Å². The third kappa shape index (κ3) is 6.12. The molecule has 1 aromatic heterocycles. The zero-order valence-electron chi connectivity index (χ0n) is 13.4. The number of imidazole rings is 1. The monoisotopic (exact) mass is 316 g/mol. The van der Waals surface area contributed by atoms with Gasteiger partial charge in [-0.15, -0.1) is 0 Å². The third-order valence-electron chi connectivity index (χ3n) is 3.48. The first-order valence-corrected chi connectivity index (χ1v) is 7.89. The molecular formula is C17H24N4O2. The Morgan fingerprint density at radius 2 is 2.00 bits per heavy atom.